The first kappa shape index (κ1) is 17.3. The van der Waals surface area contributed by atoms with Gasteiger partial charge in [0.15, 0.2) is 0 Å². The van der Waals surface area contributed by atoms with Crippen molar-refractivity contribution in [1.82, 2.24) is 20.0 Å². The number of carbonyl (C=O) groups is 1. The summed E-state index contributed by atoms with van der Waals surface area (Å²) in [4.78, 5) is 14.8. The van der Waals surface area contributed by atoms with Gasteiger partial charge in [0.2, 0.25) is 0 Å². The third-order valence-corrected chi connectivity index (χ3v) is 4.90. The highest BCUT2D eigenvalue weighted by Gasteiger charge is 2.31. The number of amides is 1. The van der Waals surface area contributed by atoms with Gasteiger partial charge in [-0.25, -0.2) is 0 Å². The van der Waals surface area contributed by atoms with Gasteiger partial charge < -0.3 is 10.2 Å². The van der Waals surface area contributed by atoms with E-state index in [4.69, 9.17) is 0 Å². The van der Waals surface area contributed by atoms with E-state index in [1.54, 1.807) is 0 Å². The van der Waals surface area contributed by atoms with Crippen molar-refractivity contribution in [2.75, 3.05) is 13.1 Å². The maximum atomic E-state index is 12.8. The number of carbonyl (C=O) groups excluding carboxylic acids is 1. The number of likely N-dealkylation sites (tertiary alicyclic amines) is 1. The number of nitrogens with one attached hydrogen (secondary N) is 1. The maximum Gasteiger partial charge on any atom is 0.274 e. The Hall–Kier alpha value is -1.07. The number of nitrogens with zero attached hydrogens (tertiary/aromatic N) is 3. The number of hydrogen-bond acceptors (Lipinski definition) is 3. The summed E-state index contributed by atoms with van der Waals surface area (Å²) < 4.78 is 1.97. The van der Waals surface area contributed by atoms with Crippen LogP contribution in [0.3, 0.4) is 0 Å². The third-order valence-electron chi connectivity index (χ3n) is 4.90. The van der Waals surface area contributed by atoms with Crippen molar-refractivity contribution in [1.29, 1.82) is 0 Å². The molecule has 124 valence electrons. The van der Waals surface area contributed by atoms with Crippen molar-refractivity contribution in [3.05, 3.63) is 18.0 Å². The van der Waals surface area contributed by atoms with Crippen LogP contribution >= 0.6 is 12.4 Å². The van der Waals surface area contributed by atoms with Crippen LogP contribution in [-0.4, -0.2) is 45.8 Å². The molecule has 0 aromatic carbocycles. The average molecular weight is 327 g/mol. The summed E-state index contributed by atoms with van der Waals surface area (Å²) in [5.41, 5.74) is 0.598. The van der Waals surface area contributed by atoms with Crippen molar-refractivity contribution in [2.45, 2.75) is 64.1 Å². The zero-order valence-corrected chi connectivity index (χ0v) is 14.3. The van der Waals surface area contributed by atoms with E-state index in [2.05, 4.69) is 24.3 Å². The van der Waals surface area contributed by atoms with Gasteiger partial charge in [-0.2, -0.15) is 5.10 Å². The summed E-state index contributed by atoms with van der Waals surface area (Å²) in [6.07, 6.45) is 7.69. The van der Waals surface area contributed by atoms with E-state index >= 15 is 0 Å². The molecule has 0 spiro atoms. The van der Waals surface area contributed by atoms with E-state index in [0.29, 0.717) is 23.8 Å². The first-order valence-corrected chi connectivity index (χ1v) is 8.25. The van der Waals surface area contributed by atoms with Gasteiger partial charge in [-0.1, -0.05) is 0 Å². The second-order valence-corrected chi connectivity index (χ2v) is 6.52. The maximum absolute atomic E-state index is 12.8. The van der Waals surface area contributed by atoms with Crippen molar-refractivity contribution in [3.63, 3.8) is 0 Å². The summed E-state index contributed by atoms with van der Waals surface area (Å²) in [7, 11) is 0. The Kier molecular flexibility index (Phi) is 5.87. The Labute approximate surface area is 138 Å². The molecule has 1 amide bonds. The Morgan fingerprint density at radius 3 is 2.59 bits per heavy atom. The predicted molar refractivity (Wildman–Crippen MR) is 89.6 cm³/mol. The van der Waals surface area contributed by atoms with Gasteiger partial charge in [0, 0.05) is 24.8 Å². The van der Waals surface area contributed by atoms with Crippen LogP contribution in [0.4, 0.5) is 0 Å². The number of halogens is 1. The second-order valence-electron chi connectivity index (χ2n) is 6.52. The highest BCUT2D eigenvalue weighted by atomic mass is 35.5. The second kappa shape index (κ2) is 7.47. The molecule has 3 atom stereocenters. The van der Waals surface area contributed by atoms with Crippen LogP contribution in [0, 0.1) is 0 Å². The van der Waals surface area contributed by atoms with Gasteiger partial charge >= 0.3 is 0 Å². The molecular weight excluding hydrogens is 300 g/mol. The monoisotopic (exact) mass is 326 g/mol. The predicted octanol–water partition coefficient (Wildman–Crippen LogP) is 2.63. The largest absolute Gasteiger partial charge is 0.332 e. The summed E-state index contributed by atoms with van der Waals surface area (Å²) in [6.45, 7) is 6.34. The molecule has 5 nitrogen and oxygen atoms in total. The molecule has 3 unspecified atom stereocenters. The van der Waals surface area contributed by atoms with E-state index in [0.717, 1.165) is 32.4 Å². The van der Waals surface area contributed by atoms with Crippen LogP contribution in [0.15, 0.2) is 12.3 Å². The fourth-order valence-electron chi connectivity index (χ4n) is 3.67. The first-order valence-electron chi connectivity index (χ1n) is 8.25. The average Bonchev–Trinajstić information content (AvgIpc) is 2.97. The standard InChI is InChI=1S/C16H26N4O.ClH/c1-12-5-3-6-13(2)20(12)16(21)15-8-10-19(18-15)14-7-4-9-17-11-14;/h8,10,12-14,17H,3-7,9,11H2,1-2H3;1H. The smallest absolute Gasteiger partial charge is 0.274 e. The van der Waals surface area contributed by atoms with E-state index < -0.39 is 0 Å². The molecule has 0 aliphatic carbocycles. The van der Waals surface area contributed by atoms with Crippen molar-refractivity contribution < 1.29 is 4.79 Å². The van der Waals surface area contributed by atoms with Crippen molar-refractivity contribution in [2.24, 2.45) is 0 Å². The molecule has 2 saturated heterocycles. The van der Waals surface area contributed by atoms with Crippen LogP contribution in [0.2, 0.25) is 0 Å². The topological polar surface area (TPSA) is 50.2 Å². The third kappa shape index (κ3) is 3.46. The highest BCUT2D eigenvalue weighted by molar-refractivity contribution is 5.92. The van der Waals surface area contributed by atoms with Gasteiger partial charge in [-0.05, 0) is 58.6 Å². The first-order chi connectivity index (χ1) is 10.2. The molecule has 2 aliphatic rings. The lowest BCUT2D eigenvalue weighted by atomic mass is 9.97. The lowest BCUT2D eigenvalue weighted by molar-refractivity contribution is 0.0503. The zero-order valence-electron chi connectivity index (χ0n) is 13.5. The Balaban J connectivity index is 0.00000176. The van der Waals surface area contributed by atoms with E-state index in [1.807, 2.05) is 21.8 Å². The van der Waals surface area contributed by atoms with Gasteiger partial charge in [-0.3, -0.25) is 9.48 Å². The molecule has 1 aromatic rings. The number of rotatable bonds is 2. The molecule has 1 aromatic heterocycles. The van der Waals surface area contributed by atoms with Gasteiger partial charge in [0.05, 0.1) is 6.04 Å². The summed E-state index contributed by atoms with van der Waals surface area (Å²) in [5, 5.41) is 7.96. The molecule has 3 heterocycles. The van der Waals surface area contributed by atoms with Crippen molar-refractivity contribution >= 4 is 18.3 Å². The Morgan fingerprint density at radius 1 is 1.23 bits per heavy atom. The summed E-state index contributed by atoms with van der Waals surface area (Å²) in [6, 6.07) is 2.91. The SMILES string of the molecule is CC1CCCC(C)N1C(=O)c1ccn(C2CCCNC2)n1.Cl. The molecule has 0 radical (unpaired) electrons. The molecule has 0 saturated carbocycles. The minimum atomic E-state index is 0. The van der Waals surface area contributed by atoms with Crippen LogP contribution in [0.5, 0.6) is 0 Å². The zero-order chi connectivity index (χ0) is 14.8. The molecule has 2 aliphatic heterocycles. The number of hydrogen-bond donors (Lipinski definition) is 1. The van der Waals surface area contributed by atoms with Gasteiger partial charge in [-0.15, -0.1) is 12.4 Å². The minimum Gasteiger partial charge on any atom is -0.332 e. The molecule has 6 heteroatoms. The highest BCUT2D eigenvalue weighted by Crippen LogP contribution is 2.24. The van der Waals surface area contributed by atoms with Crippen LogP contribution in [0.25, 0.3) is 0 Å². The molecule has 3 rings (SSSR count). The molecule has 22 heavy (non-hydrogen) atoms. The number of aromatic nitrogens is 2. The molecule has 2 fully saturated rings. The number of piperidine rings is 2. The van der Waals surface area contributed by atoms with E-state index in [-0.39, 0.29) is 18.3 Å². The Morgan fingerprint density at radius 2 is 1.95 bits per heavy atom. The van der Waals surface area contributed by atoms with E-state index in [1.165, 1.54) is 12.8 Å². The van der Waals surface area contributed by atoms with E-state index in [9.17, 15) is 4.79 Å². The fourth-order valence-corrected chi connectivity index (χ4v) is 3.67. The van der Waals surface area contributed by atoms with Crippen LogP contribution in [-0.2, 0) is 0 Å². The van der Waals surface area contributed by atoms with Gasteiger partial charge in [0.25, 0.3) is 5.91 Å². The normalized spacial score (nSPS) is 29.0. The molecule has 0 bridgehead atoms. The van der Waals surface area contributed by atoms with Crippen molar-refractivity contribution in [3.8, 4) is 0 Å². The van der Waals surface area contributed by atoms with Gasteiger partial charge in [0.1, 0.15) is 5.69 Å². The summed E-state index contributed by atoms with van der Waals surface area (Å²) >= 11 is 0. The quantitative estimate of drug-likeness (QED) is 0.909. The summed E-state index contributed by atoms with van der Waals surface area (Å²) in [5.74, 6) is 0.0946. The minimum absolute atomic E-state index is 0. The lowest BCUT2D eigenvalue weighted by Crippen LogP contribution is -2.47. The molecule has 1 N–H and O–H groups in total. The van der Waals surface area contributed by atoms with Crippen LogP contribution in [0.1, 0.15) is 62.5 Å². The Bertz CT molecular complexity index is 488. The fraction of sp³-hybridized carbons (Fsp3) is 0.750. The lowest BCUT2D eigenvalue weighted by Gasteiger charge is -2.38. The van der Waals surface area contributed by atoms with Crippen LogP contribution < -0.4 is 5.32 Å². The molecular formula is C16H27ClN4O.